The average Bonchev–Trinajstić information content (AvgIpc) is 2.32. The van der Waals surface area contributed by atoms with Gasteiger partial charge in [-0.2, -0.15) is 0 Å². The normalized spacial score (nSPS) is 10.5. The van der Waals surface area contributed by atoms with Crippen molar-refractivity contribution in [3.8, 4) is 0 Å². The van der Waals surface area contributed by atoms with E-state index in [1.54, 1.807) is 18.3 Å². The highest BCUT2D eigenvalue weighted by molar-refractivity contribution is 7.98. The second-order valence-corrected chi connectivity index (χ2v) is 4.90. The Morgan fingerprint density at radius 3 is 2.82 bits per heavy atom. The molecule has 1 aromatic carbocycles. The van der Waals surface area contributed by atoms with Crippen molar-refractivity contribution < 1.29 is 4.39 Å². The van der Waals surface area contributed by atoms with E-state index in [-0.39, 0.29) is 5.82 Å². The summed E-state index contributed by atoms with van der Waals surface area (Å²) in [7, 11) is 0. The molecule has 0 saturated heterocycles. The lowest BCUT2D eigenvalue weighted by molar-refractivity contribution is 0.626. The Kier molecular flexibility index (Phi) is 3.86. The standard InChI is InChI=1S/C12H10ClFN2S/c13-11-3-1-9(14)5-8(11)7-17-10-2-4-12(15)16-6-10/h1-6H,7H2,(H2,15,16). The third kappa shape index (κ3) is 3.35. The molecule has 0 aliphatic carbocycles. The third-order valence-corrected chi connectivity index (χ3v) is 3.56. The second-order valence-electron chi connectivity index (χ2n) is 3.44. The molecule has 2 nitrogen and oxygen atoms in total. The van der Waals surface area contributed by atoms with Crippen molar-refractivity contribution >= 4 is 29.2 Å². The number of thioether (sulfide) groups is 1. The van der Waals surface area contributed by atoms with Crippen LogP contribution in [-0.2, 0) is 5.75 Å². The van der Waals surface area contributed by atoms with Crippen molar-refractivity contribution in [3.63, 3.8) is 0 Å². The Balaban J connectivity index is 2.07. The summed E-state index contributed by atoms with van der Waals surface area (Å²) in [6.45, 7) is 0. The fourth-order valence-corrected chi connectivity index (χ4v) is 2.41. The maximum atomic E-state index is 13.0. The molecule has 0 spiro atoms. The molecular weight excluding hydrogens is 259 g/mol. The number of hydrogen-bond acceptors (Lipinski definition) is 3. The van der Waals surface area contributed by atoms with E-state index in [0.29, 0.717) is 16.6 Å². The van der Waals surface area contributed by atoms with Crippen molar-refractivity contribution in [1.82, 2.24) is 4.98 Å². The maximum Gasteiger partial charge on any atom is 0.123 e. The van der Waals surface area contributed by atoms with Gasteiger partial charge >= 0.3 is 0 Å². The monoisotopic (exact) mass is 268 g/mol. The highest BCUT2D eigenvalue weighted by atomic mass is 35.5. The molecule has 17 heavy (non-hydrogen) atoms. The molecule has 2 rings (SSSR count). The summed E-state index contributed by atoms with van der Waals surface area (Å²) < 4.78 is 13.0. The maximum absolute atomic E-state index is 13.0. The first-order chi connectivity index (χ1) is 8.15. The highest BCUT2D eigenvalue weighted by Crippen LogP contribution is 2.27. The van der Waals surface area contributed by atoms with E-state index in [2.05, 4.69) is 4.98 Å². The van der Waals surface area contributed by atoms with Crippen LogP contribution in [0.4, 0.5) is 10.2 Å². The van der Waals surface area contributed by atoms with Crippen LogP contribution in [0.2, 0.25) is 5.02 Å². The summed E-state index contributed by atoms with van der Waals surface area (Å²) in [5, 5.41) is 0.572. The predicted molar refractivity (Wildman–Crippen MR) is 69.6 cm³/mol. The second kappa shape index (κ2) is 5.38. The number of hydrogen-bond donors (Lipinski definition) is 1. The summed E-state index contributed by atoms with van der Waals surface area (Å²) >= 11 is 7.51. The molecule has 0 bridgehead atoms. The lowest BCUT2D eigenvalue weighted by atomic mass is 10.2. The van der Waals surface area contributed by atoms with Gasteiger partial charge in [0.2, 0.25) is 0 Å². The number of nitrogens with two attached hydrogens (primary N) is 1. The topological polar surface area (TPSA) is 38.9 Å². The van der Waals surface area contributed by atoms with E-state index in [1.165, 1.54) is 23.9 Å². The number of nitrogen functional groups attached to an aromatic ring is 1. The molecule has 2 N–H and O–H groups in total. The molecule has 0 fully saturated rings. The number of pyridine rings is 1. The van der Waals surface area contributed by atoms with Crippen molar-refractivity contribution in [3.05, 3.63) is 52.9 Å². The van der Waals surface area contributed by atoms with E-state index in [9.17, 15) is 4.39 Å². The largest absolute Gasteiger partial charge is 0.384 e. The number of rotatable bonds is 3. The van der Waals surface area contributed by atoms with Crippen LogP contribution in [0, 0.1) is 5.82 Å². The Hall–Kier alpha value is -1.26. The van der Waals surface area contributed by atoms with E-state index < -0.39 is 0 Å². The molecule has 2 aromatic rings. The van der Waals surface area contributed by atoms with Gasteiger partial charge in [-0.3, -0.25) is 0 Å². The molecule has 0 aliphatic heterocycles. The van der Waals surface area contributed by atoms with E-state index in [1.807, 2.05) is 6.07 Å². The minimum Gasteiger partial charge on any atom is -0.384 e. The van der Waals surface area contributed by atoms with Gasteiger partial charge in [0.05, 0.1) is 0 Å². The number of aromatic nitrogens is 1. The van der Waals surface area contributed by atoms with Crippen LogP contribution < -0.4 is 5.73 Å². The fourth-order valence-electron chi connectivity index (χ4n) is 1.29. The molecule has 0 saturated carbocycles. The highest BCUT2D eigenvalue weighted by Gasteiger charge is 2.03. The van der Waals surface area contributed by atoms with Gasteiger partial charge in [0.15, 0.2) is 0 Å². The number of anilines is 1. The Labute approximate surface area is 108 Å². The quantitative estimate of drug-likeness (QED) is 0.862. The summed E-state index contributed by atoms with van der Waals surface area (Å²) in [4.78, 5) is 4.95. The van der Waals surface area contributed by atoms with Gasteiger partial charge in [-0.15, -0.1) is 11.8 Å². The van der Waals surface area contributed by atoms with E-state index in [4.69, 9.17) is 17.3 Å². The minimum atomic E-state index is -0.277. The molecule has 1 aromatic heterocycles. The average molecular weight is 269 g/mol. The first kappa shape index (κ1) is 12.2. The van der Waals surface area contributed by atoms with Crippen LogP contribution in [-0.4, -0.2) is 4.98 Å². The number of nitrogens with zero attached hydrogens (tertiary/aromatic N) is 1. The van der Waals surface area contributed by atoms with Gasteiger partial charge in [0, 0.05) is 21.9 Å². The Morgan fingerprint density at radius 1 is 1.29 bits per heavy atom. The van der Waals surface area contributed by atoms with Crippen LogP contribution in [0.3, 0.4) is 0 Å². The molecule has 0 aliphatic rings. The summed E-state index contributed by atoms with van der Waals surface area (Å²) in [5.74, 6) is 0.806. The van der Waals surface area contributed by atoms with Gasteiger partial charge in [0.25, 0.3) is 0 Å². The minimum absolute atomic E-state index is 0.277. The van der Waals surface area contributed by atoms with Gasteiger partial charge in [-0.1, -0.05) is 11.6 Å². The zero-order chi connectivity index (χ0) is 12.3. The van der Waals surface area contributed by atoms with Crippen molar-refractivity contribution in [2.75, 3.05) is 5.73 Å². The Morgan fingerprint density at radius 2 is 2.12 bits per heavy atom. The van der Waals surface area contributed by atoms with Crippen LogP contribution in [0.15, 0.2) is 41.4 Å². The first-order valence-electron chi connectivity index (χ1n) is 4.93. The van der Waals surface area contributed by atoms with Crippen LogP contribution in [0.1, 0.15) is 5.56 Å². The molecule has 0 amide bonds. The predicted octanol–water partition coefficient (Wildman–Crippen LogP) is 3.75. The molecule has 1 heterocycles. The molecule has 88 valence electrons. The molecule has 0 unspecified atom stereocenters. The molecule has 0 atom stereocenters. The zero-order valence-electron chi connectivity index (χ0n) is 8.86. The van der Waals surface area contributed by atoms with Crippen LogP contribution in [0.25, 0.3) is 0 Å². The molecular formula is C12H10ClFN2S. The Bertz CT molecular complexity index is 516. The molecule has 0 radical (unpaired) electrons. The van der Waals surface area contributed by atoms with Crippen molar-refractivity contribution in [1.29, 1.82) is 0 Å². The van der Waals surface area contributed by atoms with Crippen LogP contribution in [0.5, 0.6) is 0 Å². The van der Waals surface area contributed by atoms with E-state index >= 15 is 0 Å². The van der Waals surface area contributed by atoms with Gasteiger partial charge in [-0.05, 0) is 35.9 Å². The number of benzene rings is 1. The zero-order valence-corrected chi connectivity index (χ0v) is 10.4. The van der Waals surface area contributed by atoms with E-state index in [0.717, 1.165) is 10.5 Å². The fraction of sp³-hybridized carbons (Fsp3) is 0.0833. The number of halogens is 2. The third-order valence-electron chi connectivity index (χ3n) is 2.16. The smallest absolute Gasteiger partial charge is 0.123 e. The lowest BCUT2D eigenvalue weighted by Gasteiger charge is -2.04. The molecule has 5 heteroatoms. The van der Waals surface area contributed by atoms with Crippen molar-refractivity contribution in [2.24, 2.45) is 0 Å². The lowest BCUT2D eigenvalue weighted by Crippen LogP contribution is -1.89. The summed E-state index contributed by atoms with van der Waals surface area (Å²) in [5.41, 5.74) is 6.26. The van der Waals surface area contributed by atoms with Gasteiger partial charge in [-0.25, -0.2) is 9.37 Å². The SMILES string of the molecule is Nc1ccc(SCc2cc(F)ccc2Cl)cn1. The van der Waals surface area contributed by atoms with Gasteiger partial charge in [0.1, 0.15) is 11.6 Å². The summed E-state index contributed by atoms with van der Waals surface area (Å²) in [6, 6.07) is 7.96. The van der Waals surface area contributed by atoms with Crippen molar-refractivity contribution in [2.45, 2.75) is 10.6 Å². The summed E-state index contributed by atoms with van der Waals surface area (Å²) in [6.07, 6.45) is 1.69. The first-order valence-corrected chi connectivity index (χ1v) is 6.30. The van der Waals surface area contributed by atoms with Crippen LogP contribution >= 0.6 is 23.4 Å². The van der Waals surface area contributed by atoms with Gasteiger partial charge < -0.3 is 5.73 Å².